The van der Waals surface area contributed by atoms with Crippen LogP contribution in [0.1, 0.15) is 16.0 Å². The number of aliphatic imine (C=N–C) groups is 1. The van der Waals surface area contributed by atoms with E-state index < -0.39 is 10.0 Å². The molecule has 0 aliphatic heterocycles. The van der Waals surface area contributed by atoms with Crippen molar-refractivity contribution in [2.45, 2.75) is 29.1 Å². The van der Waals surface area contributed by atoms with E-state index in [1.54, 1.807) is 24.9 Å². The third-order valence-electron chi connectivity index (χ3n) is 3.46. The molecule has 0 aliphatic rings. The molecule has 4 N–H and O–H groups in total. The van der Waals surface area contributed by atoms with Crippen LogP contribution in [0, 0.1) is 6.92 Å². The van der Waals surface area contributed by atoms with Gasteiger partial charge in [0.15, 0.2) is 5.96 Å². The zero-order valence-electron chi connectivity index (χ0n) is 14.4. The minimum absolute atomic E-state index is 0.163. The van der Waals surface area contributed by atoms with Gasteiger partial charge in [-0.3, -0.25) is 4.99 Å². The maximum atomic E-state index is 11.3. The number of nitrogens with two attached hydrogens (primary N) is 1. The molecule has 1 heterocycles. The van der Waals surface area contributed by atoms with E-state index in [-0.39, 0.29) is 4.21 Å². The van der Waals surface area contributed by atoms with Crippen LogP contribution in [-0.2, 0) is 23.1 Å². The predicted molar refractivity (Wildman–Crippen MR) is 106 cm³/mol. The lowest BCUT2D eigenvalue weighted by Gasteiger charge is -2.13. The topological polar surface area (TPSA) is 96.6 Å². The van der Waals surface area contributed by atoms with Gasteiger partial charge in [-0.25, -0.2) is 13.6 Å². The molecule has 0 spiro atoms. The summed E-state index contributed by atoms with van der Waals surface area (Å²) in [5.74, 6) is 0.651. The number of benzene rings is 1. The van der Waals surface area contributed by atoms with Crippen molar-refractivity contribution in [1.29, 1.82) is 0 Å². The summed E-state index contributed by atoms with van der Waals surface area (Å²) in [4.78, 5) is 6.30. The average Bonchev–Trinajstić information content (AvgIpc) is 3.05. The number of primary sulfonamides is 1. The number of guanidine groups is 1. The lowest BCUT2D eigenvalue weighted by molar-refractivity contribution is 0.600. The highest BCUT2D eigenvalue weighted by molar-refractivity contribution is 7.98. The first-order chi connectivity index (χ1) is 11.8. The summed E-state index contributed by atoms with van der Waals surface area (Å²) in [6.07, 6.45) is 2.06. The van der Waals surface area contributed by atoms with E-state index in [0.717, 1.165) is 16.2 Å². The largest absolute Gasteiger partial charge is 0.352 e. The Morgan fingerprint density at radius 2 is 1.96 bits per heavy atom. The van der Waals surface area contributed by atoms with Crippen molar-refractivity contribution in [1.82, 2.24) is 10.6 Å². The molecule has 1 aromatic heterocycles. The zero-order valence-corrected chi connectivity index (χ0v) is 16.8. The molecule has 6 nitrogen and oxygen atoms in total. The van der Waals surface area contributed by atoms with Gasteiger partial charge in [0.25, 0.3) is 0 Å². The summed E-state index contributed by atoms with van der Waals surface area (Å²) in [5.41, 5.74) is 2.44. The van der Waals surface area contributed by atoms with E-state index in [9.17, 15) is 8.42 Å². The molecule has 0 saturated carbocycles. The van der Waals surface area contributed by atoms with Gasteiger partial charge in [-0.15, -0.1) is 23.1 Å². The Bertz CT molecular complexity index is 860. The lowest BCUT2D eigenvalue weighted by Crippen LogP contribution is -2.36. The molecule has 2 aromatic rings. The second-order valence-corrected chi connectivity index (χ2v) is 9.17. The van der Waals surface area contributed by atoms with Crippen molar-refractivity contribution in [2.75, 3.05) is 13.3 Å². The van der Waals surface area contributed by atoms with Crippen LogP contribution in [0.4, 0.5) is 0 Å². The second-order valence-electron chi connectivity index (χ2n) is 5.36. The van der Waals surface area contributed by atoms with E-state index in [0.29, 0.717) is 19.0 Å². The number of rotatable bonds is 6. The Morgan fingerprint density at radius 1 is 1.24 bits per heavy atom. The predicted octanol–water partition coefficient (Wildman–Crippen LogP) is 2.29. The quantitative estimate of drug-likeness (QED) is 0.394. The highest BCUT2D eigenvalue weighted by Crippen LogP contribution is 2.22. The molecular weight excluding hydrogens is 376 g/mol. The van der Waals surface area contributed by atoms with Crippen LogP contribution < -0.4 is 15.8 Å². The summed E-state index contributed by atoms with van der Waals surface area (Å²) in [5, 5.41) is 11.6. The number of hydrogen-bond donors (Lipinski definition) is 3. The van der Waals surface area contributed by atoms with Gasteiger partial charge in [0.05, 0.1) is 6.54 Å². The van der Waals surface area contributed by atoms with Crippen molar-refractivity contribution in [3.05, 3.63) is 46.3 Å². The molecule has 0 fully saturated rings. The highest BCUT2D eigenvalue weighted by Gasteiger charge is 2.11. The zero-order chi connectivity index (χ0) is 18.4. The molecular formula is C16H22N4O2S3. The smallest absolute Gasteiger partial charge is 0.247 e. The van der Waals surface area contributed by atoms with Crippen molar-refractivity contribution < 1.29 is 8.42 Å². The molecule has 0 saturated heterocycles. The standard InChI is InChI=1S/C16H22N4O2S3/c1-11-4-5-12(14(8-11)23-3)9-19-16(18-2)20-10-13-6-7-15(24-13)25(17,21)22/h4-8H,9-10H2,1-3H3,(H2,17,21,22)(H2,18,19,20). The highest BCUT2D eigenvalue weighted by atomic mass is 32.2. The maximum Gasteiger partial charge on any atom is 0.247 e. The van der Waals surface area contributed by atoms with Crippen molar-refractivity contribution in [3.63, 3.8) is 0 Å². The summed E-state index contributed by atoms with van der Waals surface area (Å²) < 4.78 is 22.8. The number of thioether (sulfide) groups is 1. The molecule has 2 rings (SSSR count). The summed E-state index contributed by atoms with van der Waals surface area (Å²) in [6.45, 7) is 3.21. The van der Waals surface area contributed by atoms with Gasteiger partial charge < -0.3 is 10.6 Å². The van der Waals surface area contributed by atoms with Crippen LogP contribution in [-0.4, -0.2) is 27.7 Å². The van der Waals surface area contributed by atoms with E-state index >= 15 is 0 Å². The Balaban J connectivity index is 1.94. The number of sulfonamides is 1. The average molecular weight is 399 g/mol. The van der Waals surface area contributed by atoms with E-state index in [2.05, 4.69) is 47.0 Å². The molecule has 136 valence electrons. The van der Waals surface area contributed by atoms with Crippen LogP contribution in [0.5, 0.6) is 0 Å². The number of aryl methyl sites for hydroxylation is 1. The fourth-order valence-electron chi connectivity index (χ4n) is 2.17. The van der Waals surface area contributed by atoms with Gasteiger partial charge in [-0.1, -0.05) is 12.1 Å². The van der Waals surface area contributed by atoms with Crippen LogP contribution in [0.3, 0.4) is 0 Å². The number of thiophene rings is 1. The molecule has 0 aliphatic carbocycles. The first-order valence-electron chi connectivity index (χ1n) is 7.53. The van der Waals surface area contributed by atoms with E-state index in [4.69, 9.17) is 5.14 Å². The molecule has 0 bridgehead atoms. The summed E-state index contributed by atoms with van der Waals surface area (Å²) >= 11 is 2.87. The minimum atomic E-state index is -3.64. The molecule has 0 amide bonds. The van der Waals surface area contributed by atoms with Crippen LogP contribution in [0.2, 0.25) is 0 Å². The van der Waals surface area contributed by atoms with Gasteiger partial charge in [0.2, 0.25) is 10.0 Å². The van der Waals surface area contributed by atoms with Gasteiger partial charge in [0.1, 0.15) is 4.21 Å². The fourth-order valence-corrected chi connectivity index (χ4v) is 4.60. The SMILES string of the molecule is CN=C(NCc1ccc(S(N)(=O)=O)s1)NCc1ccc(C)cc1SC. The van der Waals surface area contributed by atoms with Crippen LogP contribution in [0.25, 0.3) is 0 Å². The maximum absolute atomic E-state index is 11.3. The molecule has 0 radical (unpaired) electrons. The third-order valence-corrected chi connectivity index (χ3v) is 6.80. The van der Waals surface area contributed by atoms with Crippen LogP contribution in [0.15, 0.2) is 44.4 Å². The van der Waals surface area contributed by atoms with Crippen LogP contribution >= 0.6 is 23.1 Å². The van der Waals surface area contributed by atoms with Gasteiger partial charge in [0, 0.05) is 23.4 Å². The van der Waals surface area contributed by atoms with Gasteiger partial charge in [-0.05, 0) is 42.5 Å². The number of hydrogen-bond acceptors (Lipinski definition) is 5. The fraction of sp³-hybridized carbons (Fsp3) is 0.312. The molecule has 0 unspecified atom stereocenters. The first kappa shape index (κ1) is 19.8. The van der Waals surface area contributed by atoms with Crippen molar-refractivity contribution in [2.24, 2.45) is 10.1 Å². The van der Waals surface area contributed by atoms with Crippen molar-refractivity contribution >= 4 is 39.1 Å². The number of nitrogens with zero attached hydrogens (tertiary/aromatic N) is 1. The van der Waals surface area contributed by atoms with Gasteiger partial charge >= 0.3 is 0 Å². The van der Waals surface area contributed by atoms with E-state index in [1.165, 1.54) is 22.1 Å². The lowest BCUT2D eigenvalue weighted by atomic mass is 10.1. The first-order valence-corrected chi connectivity index (χ1v) is 11.1. The normalized spacial score (nSPS) is 12.2. The van der Waals surface area contributed by atoms with Crippen molar-refractivity contribution in [3.8, 4) is 0 Å². The molecule has 9 heteroatoms. The Hall–Kier alpha value is -1.55. The second kappa shape index (κ2) is 8.70. The minimum Gasteiger partial charge on any atom is -0.352 e. The third kappa shape index (κ3) is 5.74. The monoisotopic (exact) mass is 398 g/mol. The molecule has 1 aromatic carbocycles. The Labute approximate surface area is 157 Å². The molecule has 25 heavy (non-hydrogen) atoms. The number of nitrogens with one attached hydrogen (secondary N) is 2. The summed E-state index contributed by atoms with van der Waals surface area (Å²) in [7, 11) is -1.94. The Kier molecular flexibility index (Phi) is 6.88. The summed E-state index contributed by atoms with van der Waals surface area (Å²) in [6, 6.07) is 9.63. The van der Waals surface area contributed by atoms with Gasteiger partial charge in [-0.2, -0.15) is 0 Å². The van der Waals surface area contributed by atoms with E-state index in [1.807, 2.05) is 0 Å². The Morgan fingerprint density at radius 3 is 2.56 bits per heavy atom. The molecule has 0 atom stereocenters.